The number of carbonyl (C=O) groups excluding carboxylic acids is 1. The zero-order chi connectivity index (χ0) is 13.0. The topological polar surface area (TPSA) is 20.3 Å². The Morgan fingerprint density at radius 3 is 2.12 bits per heavy atom. The SMILES string of the molecule is C#CCN(C(=O)C#C[Si](C)(C)C)C(C)(C)C. The molecule has 0 unspecified atom stereocenters. The first-order valence-electron chi connectivity index (χ1n) is 5.36. The number of carbonyl (C=O) groups is 1. The summed E-state index contributed by atoms with van der Waals surface area (Å²) in [6.07, 6.45) is 5.26. The lowest BCUT2D eigenvalue weighted by molar-refractivity contribution is -0.128. The highest BCUT2D eigenvalue weighted by molar-refractivity contribution is 6.84. The van der Waals surface area contributed by atoms with Gasteiger partial charge in [-0.25, -0.2) is 0 Å². The second-order valence-corrected chi connectivity index (χ2v) is 10.5. The summed E-state index contributed by atoms with van der Waals surface area (Å²) in [5.41, 5.74) is 2.78. The van der Waals surface area contributed by atoms with Gasteiger partial charge < -0.3 is 4.90 Å². The fourth-order valence-electron chi connectivity index (χ4n) is 1.01. The first-order chi connectivity index (χ1) is 7.08. The summed E-state index contributed by atoms with van der Waals surface area (Å²) in [7, 11) is -1.51. The second kappa shape index (κ2) is 5.23. The van der Waals surface area contributed by atoms with Gasteiger partial charge in [-0.05, 0) is 26.7 Å². The van der Waals surface area contributed by atoms with Gasteiger partial charge in [-0.15, -0.1) is 12.0 Å². The molecule has 0 aliphatic rings. The molecule has 1 amide bonds. The Morgan fingerprint density at radius 1 is 1.31 bits per heavy atom. The number of hydrogen-bond acceptors (Lipinski definition) is 1. The van der Waals surface area contributed by atoms with Crippen molar-refractivity contribution in [3.05, 3.63) is 0 Å². The monoisotopic (exact) mass is 235 g/mol. The largest absolute Gasteiger partial charge is 0.316 e. The Labute approximate surface area is 100 Å². The molecule has 0 N–H and O–H groups in total. The Morgan fingerprint density at radius 2 is 1.81 bits per heavy atom. The maximum Gasteiger partial charge on any atom is 0.299 e. The average molecular weight is 235 g/mol. The number of amides is 1. The molecular weight excluding hydrogens is 214 g/mol. The molecule has 0 atom stereocenters. The third kappa shape index (κ3) is 5.63. The summed E-state index contributed by atoms with van der Waals surface area (Å²) in [6.45, 7) is 12.5. The summed E-state index contributed by atoms with van der Waals surface area (Å²) in [6, 6.07) is 0. The molecule has 0 spiro atoms. The molecule has 0 aromatic rings. The summed E-state index contributed by atoms with van der Waals surface area (Å²) in [5.74, 6) is 5.05. The molecule has 0 saturated heterocycles. The zero-order valence-electron chi connectivity index (χ0n) is 11.1. The normalized spacial score (nSPS) is 11.1. The van der Waals surface area contributed by atoms with E-state index in [2.05, 4.69) is 37.0 Å². The molecule has 2 nitrogen and oxygen atoms in total. The maximum atomic E-state index is 11.9. The van der Waals surface area contributed by atoms with Crippen molar-refractivity contribution in [1.29, 1.82) is 0 Å². The molecule has 88 valence electrons. The quantitative estimate of drug-likeness (QED) is 0.503. The summed E-state index contributed by atoms with van der Waals surface area (Å²) >= 11 is 0. The van der Waals surface area contributed by atoms with Gasteiger partial charge in [-0.2, -0.15) is 0 Å². The molecule has 0 radical (unpaired) electrons. The van der Waals surface area contributed by atoms with Crippen molar-refractivity contribution in [2.24, 2.45) is 0 Å². The summed E-state index contributed by atoms with van der Waals surface area (Å²) < 4.78 is 0. The van der Waals surface area contributed by atoms with Crippen LogP contribution in [0.15, 0.2) is 0 Å². The van der Waals surface area contributed by atoms with E-state index in [0.717, 1.165) is 0 Å². The predicted molar refractivity (Wildman–Crippen MR) is 71.4 cm³/mol. The van der Waals surface area contributed by atoms with Gasteiger partial charge in [0.25, 0.3) is 5.91 Å². The molecular formula is C13H21NOSi. The molecule has 0 aromatic carbocycles. The number of rotatable bonds is 1. The Kier molecular flexibility index (Phi) is 4.84. The van der Waals surface area contributed by atoms with Crippen LogP contribution in [0.25, 0.3) is 0 Å². The summed E-state index contributed by atoms with van der Waals surface area (Å²) in [5, 5.41) is 0. The molecule has 0 rings (SSSR count). The molecule has 0 heterocycles. The van der Waals surface area contributed by atoms with Crippen LogP contribution in [0.4, 0.5) is 0 Å². The van der Waals surface area contributed by atoms with Gasteiger partial charge in [0.2, 0.25) is 0 Å². The maximum absolute atomic E-state index is 11.9. The average Bonchev–Trinajstić information content (AvgIpc) is 2.07. The van der Waals surface area contributed by atoms with Crippen molar-refractivity contribution in [2.75, 3.05) is 6.54 Å². The van der Waals surface area contributed by atoms with Crippen molar-refractivity contribution >= 4 is 14.0 Å². The molecule has 0 aliphatic heterocycles. The Hall–Kier alpha value is -1.19. The van der Waals surface area contributed by atoms with E-state index < -0.39 is 8.07 Å². The summed E-state index contributed by atoms with van der Waals surface area (Å²) in [4.78, 5) is 13.5. The van der Waals surface area contributed by atoms with E-state index in [-0.39, 0.29) is 11.4 Å². The lowest BCUT2D eigenvalue weighted by Crippen LogP contribution is -2.45. The van der Waals surface area contributed by atoms with E-state index in [4.69, 9.17) is 6.42 Å². The number of terminal acetylenes is 1. The van der Waals surface area contributed by atoms with Crippen LogP contribution in [0.5, 0.6) is 0 Å². The highest BCUT2D eigenvalue weighted by atomic mass is 28.3. The molecule has 0 aromatic heterocycles. The first kappa shape index (κ1) is 14.8. The van der Waals surface area contributed by atoms with Gasteiger partial charge in [0.05, 0.1) is 6.54 Å². The van der Waals surface area contributed by atoms with E-state index in [0.29, 0.717) is 6.54 Å². The van der Waals surface area contributed by atoms with E-state index in [1.807, 2.05) is 20.8 Å². The minimum absolute atomic E-state index is 0.173. The highest BCUT2D eigenvalue weighted by Crippen LogP contribution is 2.12. The fraction of sp³-hybridized carbons (Fsp3) is 0.615. The van der Waals surface area contributed by atoms with Gasteiger partial charge in [0.1, 0.15) is 8.07 Å². The molecule has 0 fully saturated rings. The van der Waals surface area contributed by atoms with E-state index in [1.165, 1.54) is 0 Å². The molecule has 0 saturated carbocycles. The number of nitrogens with zero attached hydrogens (tertiary/aromatic N) is 1. The van der Waals surface area contributed by atoms with Crippen LogP contribution in [-0.4, -0.2) is 31.0 Å². The van der Waals surface area contributed by atoms with E-state index in [9.17, 15) is 4.79 Å². The molecule has 0 aliphatic carbocycles. The van der Waals surface area contributed by atoms with E-state index >= 15 is 0 Å². The van der Waals surface area contributed by atoms with Gasteiger partial charge in [0, 0.05) is 5.54 Å². The highest BCUT2D eigenvalue weighted by Gasteiger charge is 2.24. The molecule has 0 bridgehead atoms. The van der Waals surface area contributed by atoms with Crippen LogP contribution in [0.1, 0.15) is 20.8 Å². The van der Waals surface area contributed by atoms with Crippen LogP contribution in [0.3, 0.4) is 0 Å². The number of hydrogen-bond donors (Lipinski definition) is 0. The molecule has 3 heteroatoms. The van der Waals surface area contributed by atoms with Crippen LogP contribution >= 0.6 is 0 Å². The van der Waals surface area contributed by atoms with Crippen molar-refractivity contribution in [1.82, 2.24) is 4.90 Å². The minimum Gasteiger partial charge on any atom is -0.316 e. The third-order valence-electron chi connectivity index (χ3n) is 1.85. The second-order valence-electron chi connectivity index (χ2n) is 5.77. The van der Waals surface area contributed by atoms with Gasteiger partial charge in [0.15, 0.2) is 0 Å². The predicted octanol–water partition coefficient (Wildman–Crippen LogP) is 2.13. The molecule has 16 heavy (non-hydrogen) atoms. The smallest absolute Gasteiger partial charge is 0.299 e. The van der Waals surface area contributed by atoms with E-state index in [1.54, 1.807) is 4.90 Å². The van der Waals surface area contributed by atoms with Gasteiger partial charge in [-0.3, -0.25) is 4.79 Å². The minimum atomic E-state index is -1.51. The standard InChI is InChI=1S/C13H21NOSi/c1-8-10-14(13(2,3)4)12(15)9-11-16(5,6)7/h1H,10H2,2-7H3. The Bertz CT molecular complexity index is 355. The van der Waals surface area contributed by atoms with Crippen LogP contribution in [-0.2, 0) is 4.79 Å². The lowest BCUT2D eigenvalue weighted by Gasteiger charge is -2.32. The van der Waals surface area contributed by atoms with Crippen LogP contribution in [0, 0.1) is 23.8 Å². The first-order valence-corrected chi connectivity index (χ1v) is 8.86. The van der Waals surface area contributed by atoms with Crippen molar-refractivity contribution in [3.63, 3.8) is 0 Å². The third-order valence-corrected chi connectivity index (χ3v) is 2.72. The lowest BCUT2D eigenvalue weighted by atomic mass is 10.1. The van der Waals surface area contributed by atoms with Crippen molar-refractivity contribution in [3.8, 4) is 23.8 Å². The van der Waals surface area contributed by atoms with Crippen LogP contribution in [0.2, 0.25) is 19.6 Å². The Balaban J connectivity index is 4.91. The van der Waals surface area contributed by atoms with Crippen LogP contribution < -0.4 is 0 Å². The van der Waals surface area contributed by atoms with Crippen molar-refractivity contribution in [2.45, 2.75) is 46.0 Å². The van der Waals surface area contributed by atoms with Gasteiger partial charge in [-0.1, -0.05) is 25.6 Å². The van der Waals surface area contributed by atoms with Crippen molar-refractivity contribution < 1.29 is 4.79 Å². The fourth-order valence-corrected chi connectivity index (χ4v) is 1.50. The zero-order valence-corrected chi connectivity index (χ0v) is 12.1. The van der Waals surface area contributed by atoms with Gasteiger partial charge >= 0.3 is 0 Å².